The van der Waals surface area contributed by atoms with Crippen molar-refractivity contribution in [1.29, 1.82) is 0 Å². The molecule has 0 spiro atoms. The fourth-order valence-corrected chi connectivity index (χ4v) is 2.54. The first-order chi connectivity index (χ1) is 8.55. The maximum absolute atomic E-state index is 13.2. The largest absolute Gasteiger partial charge is 0.370 e. The molecule has 0 saturated heterocycles. The Morgan fingerprint density at radius 2 is 2.28 bits per heavy atom. The second-order valence-corrected chi connectivity index (χ2v) is 5.13. The predicted molar refractivity (Wildman–Crippen MR) is 72.0 cm³/mol. The topological polar surface area (TPSA) is 41.6 Å². The van der Waals surface area contributed by atoms with Crippen molar-refractivity contribution in [2.24, 2.45) is 10.7 Å². The summed E-state index contributed by atoms with van der Waals surface area (Å²) in [5.74, 6) is 0.417. The number of guanidine groups is 1. The maximum atomic E-state index is 13.2. The minimum Gasteiger partial charge on any atom is -0.370 e. The van der Waals surface area contributed by atoms with E-state index in [0.29, 0.717) is 12.5 Å². The number of halogens is 1. The average molecular weight is 249 g/mol. The Labute approximate surface area is 108 Å². The van der Waals surface area contributed by atoms with Crippen molar-refractivity contribution in [2.75, 3.05) is 13.1 Å². The molecule has 18 heavy (non-hydrogen) atoms. The number of benzene rings is 1. The zero-order chi connectivity index (χ0) is 13.2. The summed E-state index contributed by atoms with van der Waals surface area (Å²) in [6.45, 7) is 5.82. The molecular weight excluding hydrogens is 229 g/mol. The highest BCUT2D eigenvalue weighted by Crippen LogP contribution is 2.26. The second-order valence-electron chi connectivity index (χ2n) is 5.13. The number of hydrogen-bond donors (Lipinski definition) is 1. The van der Waals surface area contributed by atoms with Crippen LogP contribution in [0, 0.1) is 5.82 Å². The number of hydrogen-bond acceptors (Lipinski definition) is 3. The summed E-state index contributed by atoms with van der Waals surface area (Å²) in [4.78, 5) is 6.47. The number of rotatable bonds is 4. The molecule has 0 amide bonds. The monoisotopic (exact) mass is 249 g/mol. The van der Waals surface area contributed by atoms with E-state index < -0.39 is 0 Å². The summed E-state index contributed by atoms with van der Waals surface area (Å²) < 4.78 is 13.2. The molecule has 3 nitrogen and oxygen atoms in total. The van der Waals surface area contributed by atoms with Gasteiger partial charge in [-0.15, -0.1) is 0 Å². The Hall–Kier alpha value is -1.58. The van der Waals surface area contributed by atoms with Gasteiger partial charge in [-0.25, -0.2) is 4.39 Å². The molecule has 1 aromatic carbocycles. The van der Waals surface area contributed by atoms with Gasteiger partial charge in [-0.1, -0.05) is 19.1 Å². The van der Waals surface area contributed by atoms with Gasteiger partial charge in [-0.3, -0.25) is 4.99 Å². The van der Waals surface area contributed by atoms with E-state index in [2.05, 4.69) is 23.7 Å². The van der Waals surface area contributed by atoms with E-state index in [4.69, 9.17) is 5.73 Å². The zero-order valence-corrected chi connectivity index (χ0v) is 11.0. The van der Waals surface area contributed by atoms with Crippen LogP contribution < -0.4 is 5.73 Å². The lowest BCUT2D eigenvalue weighted by Gasteiger charge is -2.36. The molecule has 1 unspecified atom stereocenters. The van der Waals surface area contributed by atoms with E-state index in [1.807, 2.05) is 6.07 Å². The van der Waals surface area contributed by atoms with Gasteiger partial charge in [0.25, 0.3) is 0 Å². The molecule has 4 heteroatoms. The highest BCUT2D eigenvalue weighted by Gasteiger charge is 2.37. The predicted octanol–water partition coefficient (Wildman–Crippen LogP) is 2.17. The lowest BCUT2D eigenvalue weighted by Crippen LogP contribution is -2.51. The molecule has 0 aliphatic carbocycles. The fourth-order valence-electron chi connectivity index (χ4n) is 2.54. The Morgan fingerprint density at radius 1 is 1.50 bits per heavy atom. The first-order valence-corrected chi connectivity index (χ1v) is 6.37. The van der Waals surface area contributed by atoms with Crippen LogP contribution in [0.25, 0.3) is 0 Å². The van der Waals surface area contributed by atoms with Gasteiger partial charge in [0.05, 0.1) is 12.1 Å². The Bertz CT molecular complexity index is 458. The van der Waals surface area contributed by atoms with Crippen LogP contribution >= 0.6 is 0 Å². The third kappa shape index (κ3) is 2.47. The van der Waals surface area contributed by atoms with Gasteiger partial charge in [0.15, 0.2) is 5.96 Å². The number of nitrogens with two attached hydrogens (primary N) is 1. The average Bonchev–Trinajstić information content (AvgIpc) is 2.58. The van der Waals surface area contributed by atoms with Gasteiger partial charge in [0.2, 0.25) is 0 Å². The van der Waals surface area contributed by atoms with Crippen LogP contribution in [-0.2, 0) is 6.42 Å². The van der Waals surface area contributed by atoms with E-state index in [0.717, 1.165) is 24.9 Å². The van der Waals surface area contributed by atoms with Crippen LogP contribution in [0.4, 0.5) is 4.39 Å². The first kappa shape index (κ1) is 12.9. The third-order valence-corrected chi connectivity index (χ3v) is 3.43. The molecule has 1 aliphatic rings. The number of aliphatic imine (C=N–C) groups is 1. The molecule has 1 atom stereocenters. The summed E-state index contributed by atoms with van der Waals surface area (Å²) in [7, 11) is 0. The van der Waals surface area contributed by atoms with Gasteiger partial charge in [-0.05, 0) is 37.5 Å². The molecule has 1 aliphatic heterocycles. The van der Waals surface area contributed by atoms with E-state index in [1.54, 1.807) is 12.1 Å². The summed E-state index contributed by atoms with van der Waals surface area (Å²) in [5, 5.41) is 0. The van der Waals surface area contributed by atoms with Crippen molar-refractivity contribution in [3.8, 4) is 0 Å². The molecule has 2 N–H and O–H groups in total. The standard InChI is InChI=1S/C14H20FN3/c1-3-7-18-13(16)17-10-14(18,2)9-11-5-4-6-12(15)8-11/h4-6,8H,3,7,9-10H2,1-2H3,(H2,16,17). The minimum absolute atomic E-state index is 0.131. The molecule has 1 aromatic rings. The van der Waals surface area contributed by atoms with E-state index in [9.17, 15) is 4.39 Å². The number of nitrogens with zero attached hydrogens (tertiary/aromatic N) is 2. The van der Waals surface area contributed by atoms with Crippen molar-refractivity contribution < 1.29 is 4.39 Å². The Balaban J connectivity index is 2.17. The summed E-state index contributed by atoms with van der Waals surface area (Å²) in [5.41, 5.74) is 6.78. The normalized spacial score (nSPS) is 23.3. The van der Waals surface area contributed by atoms with E-state index >= 15 is 0 Å². The SMILES string of the molecule is CCCN1C(N)=NCC1(C)Cc1cccc(F)c1. The maximum Gasteiger partial charge on any atom is 0.191 e. The smallest absolute Gasteiger partial charge is 0.191 e. The van der Waals surface area contributed by atoms with Crippen molar-refractivity contribution in [1.82, 2.24) is 4.90 Å². The quantitative estimate of drug-likeness (QED) is 0.888. The van der Waals surface area contributed by atoms with Crippen molar-refractivity contribution >= 4 is 5.96 Å². The van der Waals surface area contributed by atoms with Gasteiger partial charge >= 0.3 is 0 Å². The molecule has 1 heterocycles. The summed E-state index contributed by atoms with van der Waals surface area (Å²) >= 11 is 0. The van der Waals surface area contributed by atoms with Gasteiger partial charge in [-0.2, -0.15) is 0 Å². The molecule has 0 radical (unpaired) electrons. The van der Waals surface area contributed by atoms with Crippen LogP contribution in [-0.4, -0.2) is 29.5 Å². The Morgan fingerprint density at radius 3 is 2.94 bits per heavy atom. The molecule has 0 saturated carbocycles. The molecule has 0 aromatic heterocycles. The highest BCUT2D eigenvalue weighted by molar-refractivity contribution is 5.81. The lowest BCUT2D eigenvalue weighted by atomic mass is 9.91. The summed E-state index contributed by atoms with van der Waals surface area (Å²) in [6, 6.07) is 6.75. The van der Waals surface area contributed by atoms with Crippen LogP contribution in [0.1, 0.15) is 25.8 Å². The first-order valence-electron chi connectivity index (χ1n) is 6.37. The Kier molecular flexibility index (Phi) is 3.55. The lowest BCUT2D eigenvalue weighted by molar-refractivity contribution is 0.221. The molecule has 2 rings (SSSR count). The highest BCUT2D eigenvalue weighted by atomic mass is 19.1. The van der Waals surface area contributed by atoms with Crippen molar-refractivity contribution in [3.05, 3.63) is 35.6 Å². The van der Waals surface area contributed by atoms with Crippen molar-refractivity contribution in [2.45, 2.75) is 32.2 Å². The van der Waals surface area contributed by atoms with Crippen LogP contribution in [0.5, 0.6) is 0 Å². The van der Waals surface area contributed by atoms with Gasteiger partial charge in [0, 0.05) is 6.54 Å². The second kappa shape index (κ2) is 4.96. The third-order valence-electron chi connectivity index (χ3n) is 3.43. The van der Waals surface area contributed by atoms with E-state index in [1.165, 1.54) is 6.07 Å². The molecular formula is C14H20FN3. The fraction of sp³-hybridized carbons (Fsp3) is 0.500. The summed E-state index contributed by atoms with van der Waals surface area (Å²) in [6.07, 6.45) is 1.78. The van der Waals surface area contributed by atoms with Gasteiger partial charge in [0.1, 0.15) is 5.82 Å². The molecule has 0 bridgehead atoms. The van der Waals surface area contributed by atoms with Crippen LogP contribution in [0.3, 0.4) is 0 Å². The van der Waals surface area contributed by atoms with Crippen molar-refractivity contribution in [3.63, 3.8) is 0 Å². The van der Waals surface area contributed by atoms with E-state index in [-0.39, 0.29) is 11.4 Å². The minimum atomic E-state index is -0.190. The zero-order valence-electron chi connectivity index (χ0n) is 11.0. The molecule has 0 fully saturated rings. The molecule has 98 valence electrons. The van der Waals surface area contributed by atoms with Gasteiger partial charge < -0.3 is 10.6 Å². The van der Waals surface area contributed by atoms with Crippen LogP contribution in [0.2, 0.25) is 0 Å². The van der Waals surface area contributed by atoms with Crippen LogP contribution in [0.15, 0.2) is 29.3 Å².